The highest BCUT2D eigenvalue weighted by atomic mass is 35.5. The molecule has 1 nitrogen and oxygen atoms in total. The van der Waals surface area contributed by atoms with Gasteiger partial charge in [-0.15, -0.1) is 23.2 Å². The maximum Gasteiger partial charge on any atom is 0.119 e. The maximum absolute atomic E-state index is 5.74. The monoisotopic (exact) mass is 260 g/mol. The third-order valence-electron chi connectivity index (χ3n) is 2.57. The molecule has 0 aliphatic heterocycles. The number of halogens is 2. The van der Waals surface area contributed by atoms with Crippen LogP contribution in [0.3, 0.4) is 0 Å². The summed E-state index contributed by atoms with van der Waals surface area (Å²) in [4.78, 5) is 0. The fraction of sp³-hybridized carbons (Fsp3) is 0.538. The third-order valence-corrected chi connectivity index (χ3v) is 3.01. The second-order valence-corrected chi connectivity index (χ2v) is 4.53. The zero-order chi connectivity index (χ0) is 11.6. The van der Waals surface area contributed by atoms with Crippen molar-refractivity contribution in [2.75, 3.05) is 18.4 Å². The quantitative estimate of drug-likeness (QED) is 0.633. The SMILES string of the molecule is ClCCC(CCCl)CCOc1ccccc1. The van der Waals surface area contributed by atoms with Crippen molar-refractivity contribution in [3.8, 4) is 5.75 Å². The van der Waals surface area contributed by atoms with Gasteiger partial charge in [-0.1, -0.05) is 18.2 Å². The first-order valence-corrected chi connectivity index (χ1v) is 6.73. The van der Waals surface area contributed by atoms with Gasteiger partial charge in [0.2, 0.25) is 0 Å². The summed E-state index contributed by atoms with van der Waals surface area (Å²) in [5.74, 6) is 2.91. The Morgan fingerprint density at radius 1 is 0.938 bits per heavy atom. The van der Waals surface area contributed by atoms with Crippen LogP contribution in [0, 0.1) is 5.92 Å². The van der Waals surface area contributed by atoms with Gasteiger partial charge in [-0.2, -0.15) is 0 Å². The fourth-order valence-electron chi connectivity index (χ4n) is 1.60. The Morgan fingerprint density at radius 3 is 2.12 bits per heavy atom. The number of hydrogen-bond acceptors (Lipinski definition) is 1. The molecule has 0 N–H and O–H groups in total. The lowest BCUT2D eigenvalue weighted by atomic mass is 10.00. The minimum Gasteiger partial charge on any atom is -0.494 e. The molecule has 90 valence electrons. The van der Waals surface area contributed by atoms with E-state index in [0.717, 1.165) is 31.6 Å². The van der Waals surface area contributed by atoms with Crippen LogP contribution in [0.25, 0.3) is 0 Å². The van der Waals surface area contributed by atoms with E-state index in [1.165, 1.54) is 0 Å². The van der Waals surface area contributed by atoms with Crippen LogP contribution in [0.4, 0.5) is 0 Å². The summed E-state index contributed by atoms with van der Waals surface area (Å²) in [5, 5.41) is 0. The Morgan fingerprint density at radius 2 is 1.56 bits per heavy atom. The molecule has 0 aromatic heterocycles. The summed E-state index contributed by atoms with van der Waals surface area (Å²) in [7, 11) is 0. The van der Waals surface area contributed by atoms with E-state index < -0.39 is 0 Å². The van der Waals surface area contributed by atoms with Gasteiger partial charge >= 0.3 is 0 Å². The van der Waals surface area contributed by atoms with Crippen molar-refractivity contribution in [2.24, 2.45) is 5.92 Å². The van der Waals surface area contributed by atoms with E-state index in [-0.39, 0.29) is 0 Å². The van der Waals surface area contributed by atoms with Gasteiger partial charge in [0.15, 0.2) is 0 Å². The molecule has 1 aromatic carbocycles. The highest BCUT2D eigenvalue weighted by molar-refractivity contribution is 6.18. The molecule has 1 aromatic rings. The molecule has 1 rings (SSSR count). The van der Waals surface area contributed by atoms with Crippen LogP contribution in [0.5, 0.6) is 5.75 Å². The number of para-hydroxylation sites is 1. The summed E-state index contributed by atoms with van der Waals surface area (Å²) in [6.07, 6.45) is 3.06. The number of benzene rings is 1. The van der Waals surface area contributed by atoms with Gasteiger partial charge < -0.3 is 4.74 Å². The van der Waals surface area contributed by atoms with E-state index in [4.69, 9.17) is 27.9 Å². The highest BCUT2D eigenvalue weighted by Gasteiger charge is 2.07. The van der Waals surface area contributed by atoms with Crippen molar-refractivity contribution in [1.82, 2.24) is 0 Å². The predicted molar refractivity (Wildman–Crippen MR) is 70.7 cm³/mol. The minimum absolute atomic E-state index is 0.582. The van der Waals surface area contributed by atoms with Gasteiger partial charge in [0.25, 0.3) is 0 Å². The predicted octanol–water partition coefficient (Wildman–Crippen LogP) is 4.33. The van der Waals surface area contributed by atoms with E-state index in [9.17, 15) is 0 Å². The second kappa shape index (κ2) is 8.72. The highest BCUT2D eigenvalue weighted by Crippen LogP contribution is 2.16. The molecule has 0 saturated heterocycles. The molecule has 0 bridgehead atoms. The van der Waals surface area contributed by atoms with Crippen LogP contribution in [-0.4, -0.2) is 18.4 Å². The van der Waals surface area contributed by atoms with Crippen LogP contribution in [0.2, 0.25) is 0 Å². The molecule has 0 amide bonds. The summed E-state index contributed by atoms with van der Waals surface area (Å²) < 4.78 is 5.64. The lowest BCUT2D eigenvalue weighted by Crippen LogP contribution is -2.08. The Kier molecular flexibility index (Phi) is 7.45. The molecule has 0 unspecified atom stereocenters. The molecule has 0 atom stereocenters. The smallest absolute Gasteiger partial charge is 0.119 e. The fourth-order valence-corrected chi connectivity index (χ4v) is 2.22. The van der Waals surface area contributed by atoms with Gasteiger partial charge in [0.1, 0.15) is 5.75 Å². The Hall–Kier alpha value is -0.400. The Labute approximate surface area is 108 Å². The molecule has 3 heteroatoms. The van der Waals surface area contributed by atoms with Gasteiger partial charge in [0.05, 0.1) is 6.61 Å². The number of hydrogen-bond donors (Lipinski definition) is 0. The second-order valence-electron chi connectivity index (χ2n) is 3.77. The van der Waals surface area contributed by atoms with Gasteiger partial charge in [-0.3, -0.25) is 0 Å². The number of ether oxygens (including phenoxy) is 1. The topological polar surface area (TPSA) is 9.23 Å². The van der Waals surface area contributed by atoms with Gasteiger partial charge in [-0.05, 0) is 37.3 Å². The lowest BCUT2D eigenvalue weighted by Gasteiger charge is -2.14. The van der Waals surface area contributed by atoms with Crippen molar-refractivity contribution in [2.45, 2.75) is 19.3 Å². The number of alkyl halides is 2. The largest absolute Gasteiger partial charge is 0.494 e. The third kappa shape index (κ3) is 5.62. The molecule has 0 radical (unpaired) electrons. The Bertz CT molecular complexity index is 258. The molecular formula is C13H18Cl2O. The van der Waals surface area contributed by atoms with E-state index in [1.807, 2.05) is 30.3 Å². The zero-order valence-electron chi connectivity index (χ0n) is 9.37. The first-order chi connectivity index (χ1) is 7.86. The molecule has 0 spiro atoms. The van der Waals surface area contributed by atoms with Crippen molar-refractivity contribution >= 4 is 23.2 Å². The summed E-state index contributed by atoms with van der Waals surface area (Å²) in [6.45, 7) is 0.739. The zero-order valence-corrected chi connectivity index (χ0v) is 10.9. The summed E-state index contributed by atoms with van der Waals surface area (Å²) in [5.41, 5.74) is 0. The first-order valence-electron chi connectivity index (χ1n) is 5.66. The van der Waals surface area contributed by atoms with Crippen LogP contribution in [0.15, 0.2) is 30.3 Å². The standard InChI is InChI=1S/C13H18Cl2O/c14-9-6-12(7-10-15)8-11-16-13-4-2-1-3-5-13/h1-5,12H,6-11H2. The van der Waals surface area contributed by atoms with Crippen LogP contribution < -0.4 is 4.74 Å². The van der Waals surface area contributed by atoms with E-state index in [0.29, 0.717) is 17.7 Å². The van der Waals surface area contributed by atoms with Crippen LogP contribution in [-0.2, 0) is 0 Å². The van der Waals surface area contributed by atoms with Crippen molar-refractivity contribution in [3.63, 3.8) is 0 Å². The van der Waals surface area contributed by atoms with E-state index >= 15 is 0 Å². The first kappa shape index (κ1) is 13.7. The van der Waals surface area contributed by atoms with Crippen LogP contribution >= 0.6 is 23.2 Å². The normalized spacial score (nSPS) is 10.7. The minimum atomic E-state index is 0.582. The molecule has 0 aliphatic rings. The lowest BCUT2D eigenvalue weighted by molar-refractivity contribution is 0.273. The summed E-state index contributed by atoms with van der Waals surface area (Å²) >= 11 is 11.5. The molecule has 0 fully saturated rings. The van der Waals surface area contributed by atoms with Crippen molar-refractivity contribution in [3.05, 3.63) is 30.3 Å². The average Bonchev–Trinajstić information content (AvgIpc) is 2.31. The van der Waals surface area contributed by atoms with Crippen molar-refractivity contribution in [1.29, 1.82) is 0 Å². The van der Waals surface area contributed by atoms with Crippen molar-refractivity contribution < 1.29 is 4.74 Å². The Balaban J connectivity index is 2.22. The average molecular weight is 261 g/mol. The van der Waals surface area contributed by atoms with Gasteiger partial charge in [0, 0.05) is 11.8 Å². The molecule has 0 aliphatic carbocycles. The van der Waals surface area contributed by atoms with E-state index in [1.54, 1.807) is 0 Å². The molecule has 0 saturated carbocycles. The molecular weight excluding hydrogens is 243 g/mol. The molecule has 0 heterocycles. The van der Waals surface area contributed by atoms with Gasteiger partial charge in [-0.25, -0.2) is 0 Å². The van der Waals surface area contributed by atoms with E-state index in [2.05, 4.69) is 0 Å². The van der Waals surface area contributed by atoms with Crippen LogP contribution in [0.1, 0.15) is 19.3 Å². The number of rotatable bonds is 8. The maximum atomic E-state index is 5.74. The molecule has 16 heavy (non-hydrogen) atoms. The summed E-state index contributed by atoms with van der Waals surface area (Å²) in [6, 6.07) is 9.88.